The monoisotopic (exact) mass is 292 g/mol. The van der Waals surface area contributed by atoms with Crippen molar-refractivity contribution in [3.63, 3.8) is 0 Å². The minimum atomic E-state index is -0.219. The van der Waals surface area contributed by atoms with Crippen molar-refractivity contribution in [3.8, 4) is 11.5 Å². The molecule has 0 saturated carbocycles. The number of hydrogen-bond donors (Lipinski definition) is 2. The van der Waals surface area contributed by atoms with Crippen LogP contribution in [-0.4, -0.2) is 14.2 Å². The molecule has 0 aromatic heterocycles. The van der Waals surface area contributed by atoms with Gasteiger partial charge >= 0.3 is 0 Å². The summed E-state index contributed by atoms with van der Waals surface area (Å²) < 4.78 is 10.5. The first-order chi connectivity index (χ1) is 9.71. The van der Waals surface area contributed by atoms with E-state index in [2.05, 4.69) is 5.43 Å². The number of rotatable bonds is 5. The van der Waals surface area contributed by atoms with Crippen LogP contribution >= 0.6 is 11.6 Å². The van der Waals surface area contributed by atoms with E-state index in [1.165, 1.54) is 0 Å². The molecule has 2 aromatic rings. The zero-order valence-corrected chi connectivity index (χ0v) is 12.1. The molecular weight excluding hydrogens is 276 g/mol. The van der Waals surface area contributed by atoms with Crippen molar-refractivity contribution >= 4 is 11.6 Å². The van der Waals surface area contributed by atoms with Crippen molar-refractivity contribution in [2.45, 2.75) is 6.04 Å². The largest absolute Gasteiger partial charge is 0.493 e. The Morgan fingerprint density at radius 2 is 1.75 bits per heavy atom. The normalized spacial score (nSPS) is 12.0. The molecule has 106 valence electrons. The molecule has 0 radical (unpaired) electrons. The lowest BCUT2D eigenvalue weighted by Crippen LogP contribution is -2.29. The van der Waals surface area contributed by atoms with E-state index in [1.54, 1.807) is 14.2 Å². The van der Waals surface area contributed by atoms with Crippen LogP contribution < -0.4 is 20.7 Å². The lowest BCUT2D eigenvalue weighted by Gasteiger charge is -2.19. The SMILES string of the molecule is COc1ccc(C(NN)c2ccccc2Cl)cc1OC. The Kier molecular flexibility index (Phi) is 4.84. The van der Waals surface area contributed by atoms with Crippen molar-refractivity contribution in [3.05, 3.63) is 58.6 Å². The molecular formula is C15H17ClN2O2. The van der Waals surface area contributed by atoms with Crippen molar-refractivity contribution in [2.24, 2.45) is 5.84 Å². The van der Waals surface area contributed by atoms with Gasteiger partial charge in [0.2, 0.25) is 0 Å². The first-order valence-corrected chi connectivity index (χ1v) is 6.51. The van der Waals surface area contributed by atoms with Crippen LogP contribution in [-0.2, 0) is 0 Å². The minimum Gasteiger partial charge on any atom is -0.493 e. The van der Waals surface area contributed by atoms with Gasteiger partial charge in [-0.15, -0.1) is 0 Å². The van der Waals surface area contributed by atoms with Gasteiger partial charge < -0.3 is 9.47 Å². The van der Waals surface area contributed by atoms with E-state index in [0.717, 1.165) is 11.1 Å². The minimum absolute atomic E-state index is 0.219. The molecule has 20 heavy (non-hydrogen) atoms. The predicted molar refractivity (Wildman–Crippen MR) is 80.2 cm³/mol. The molecule has 2 aromatic carbocycles. The van der Waals surface area contributed by atoms with Crippen molar-refractivity contribution in [1.29, 1.82) is 0 Å². The fourth-order valence-corrected chi connectivity index (χ4v) is 2.35. The Morgan fingerprint density at radius 3 is 2.35 bits per heavy atom. The number of hydrazine groups is 1. The Morgan fingerprint density at radius 1 is 1.05 bits per heavy atom. The summed E-state index contributed by atoms with van der Waals surface area (Å²) in [5.74, 6) is 7.01. The van der Waals surface area contributed by atoms with E-state index in [0.29, 0.717) is 16.5 Å². The van der Waals surface area contributed by atoms with E-state index in [4.69, 9.17) is 26.9 Å². The van der Waals surface area contributed by atoms with Crippen molar-refractivity contribution < 1.29 is 9.47 Å². The zero-order chi connectivity index (χ0) is 14.5. The van der Waals surface area contributed by atoms with Gasteiger partial charge in [0.15, 0.2) is 11.5 Å². The maximum absolute atomic E-state index is 6.23. The summed E-state index contributed by atoms with van der Waals surface area (Å²) in [6.45, 7) is 0. The second kappa shape index (κ2) is 6.61. The highest BCUT2D eigenvalue weighted by Gasteiger charge is 2.17. The molecule has 0 aliphatic rings. The zero-order valence-electron chi connectivity index (χ0n) is 11.4. The van der Waals surface area contributed by atoms with Crippen LogP contribution in [0.15, 0.2) is 42.5 Å². The Bertz CT molecular complexity index is 590. The van der Waals surface area contributed by atoms with Crippen LogP contribution in [0.2, 0.25) is 5.02 Å². The number of halogens is 1. The first-order valence-electron chi connectivity index (χ1n) is 6.13. The van der Waals surface area contributed by atoms with Gasteiger partial charge in [-0.1, -0.05) is 35.9 Å². The van der Waals surface area contributed by atoms with Crippen molar-refractivity contribution in [1.82, 2.24) is 5.43 Å². The molecule has 1 atom stereocenters. The lowest BCUT2D eigenvalue weighted by atomic mass is 9.99. The third kappa shape index (κ3) is 2.88. The summed E-state index contributed by atoms with van der Waals surface area (Å²) >= 11 is 6.23. The fourth-order valence-electron chi connectivity index (χ4n) is 2.11. The summed E-state index contributed by atoms with van der Waals surface area (Å²) in [4.78, 5) is 0. The second-order valence-corrected chi connectivity index (χ2v) is 4.64. The van der Waals surface area contributed by atoms with Gasteiger partial charge in [0.05, 0.1) is 20.3 Å². The van der Waals surface area contributed by atoms with Gasteiger partial charge in [-0.2, -0.15) is 0 Å². The van der Waals surface area contributed by atoms with Gasteiger partial charge in [0.25, 0.3) is 0 Å². The molecule has 0 fully saturated rings. The maximum Gasteiger partial charge on any atom is 0.161 e. The van der Waals surface area contributed by atoms with Crippen LogP contribution in [0, 0.1) is 0 Å². The maximum atomic E-state index is 6.23. The smallest absolute Gasteiger partial charge is 0.161 e. The quantitative estimate of drug-likeness (QED) is 0.657. The molecule has 2 rings (SSSR count). The number of nitrogens with one attached hydrogen (secondary N) is 1. The van der Waals surface area contributed by atoms with E-state index < -0.39 is 0 Å². The molecule has 0 aliphatic heterocycles. The molecule has 0 bridgehead atoms. The third-order valence-corrected chi connectivity index (χ3v) is 3.47. The third-order valence-electron chi connectivity index (χ3n) is 3.12. The van der Waals surface area contributed by atoms with Gasteiger partial charge in [-0.05, 0) is 29.3 Å². The van der Waals surface area contributed by atoms with Gasteiger partial charge in [0.1, 0.15) is 0 Å². The second-order valence-electron chi connectivity index (χ2n) is 4.24. The van der Waals surface area contributed by atoms with E-state index in [1.807, 2.05) is 42.5 Å². The highest BCUT2D eigenvalue weighted by atomic mass is 35.5. The molecule has 0 amide bonds. The number of nitrogens with two attached hydrogens (primary N) is 1. The molecule has 0 heterocycles. The van der Waals surface area contributed by atoms with Crippen LogP contribution in [0.25, 0.3) is 0 Å². The number of ether oxygens (including phenoxy) is 2. The molecule has 5 heteroatoms. The first kappa shape index (κ1) is 14.7. The number of methoxy groups -OCH3 is 2. The fraction of sp³-hybridized carbons (Fsp3) is 0.200. The van der Waals surface area contributed by atoms with E-state index in [9.17, 15) is 0 Å². The van der Waals surface area contributed by atoms with Crippen LogP contribution in [0.3, 0.4) is 0 Å². The summed E-state index contributed by atoms with van der Waals surface area (Å²) in [5.41, 5.74) is 4.63. The topological polar surface area (TPSA) is 56.5 Å². The van der Waals surface area contributed by atoms with Crippen LogP contribution in [0.5, 0.6) is 11.5 Å². The molecule has 0 spiro atoms. The summed E-state index contributed by atoms with van der Waals surface area (Å²) in [7, 11) is 3.20. The number of hydrogen-bond acceptors (Lipinski definition) is 4. The van der Waals surface area contributed by atoms with Gasteiger partial charge in [0, 0.05) is 5.02 Å². The van der Waals surface area contributed by atoms with Gasteiger partial charge in [-0.25, -0.2) is 5.43 Å². The van der Waals surface area contributed by atoms with E-state index >= 15 is 0 Å². The van der Waals surface area contributed by atoms with Crippen LogP contribution in [0.4, 0.5) is 0 Å². The van der Waals surface area contributed by atoms with Crippen LogP contribution in [0.1, 0.15) is 17.2 Å². The molecule has 4 nitrogen and oxygen atoms in total. The van der Waals surface area contributed by atoms with E-state index in [-0.39, 0.29) is 6.04 Å². The summed E-state index contributed by atoms with van der Waals surface area (Å²) in [6.07, 6.45) is 0. The molecule has 0 saturated heterocycles. The van der Waals surface area contributed by atoms with Crippen molar-refractivity contribution in [2.75, 3.05) is 14.2 Å². The Balaban J connectivity index is 2.45. The lowest BCUT2D eigenvalue weighted by molar-refractivity contribution is 0.354. The molecule has 1 unspecified atom stereocenters. The summed E-state index contributed by atoms with van der Waals surface area (Å²) in [5, 5.41) is 0.658. The average molecular weight is 293 g/mol. The standard InChI is InChI=1S/C15H17ClN2O2/c1-19-13-8-7-10(9-14(13)20-2)15(18-17)11-5-3-4-6-12(11)16/h3-9,15,18H,17H2,1-2H3. The Labute approximate surface area is 123 Å². The summed E-state index contributed by atoms with van der Waals surface area (Å²) in [6, 6.07) is 13.0. The highest BCUT2D eigenvalue weighted by molar-refractivity contribution is 6.31. The van der Waals surface area contributed by atoms with Gasteiger partial charge in [-0.3, -0.25) is 5.84 Å². The molecule has 3 N–H and O–H groups in total. The number of benzene rings is 2. The highest BCUT2D eigenvalue weighted by Crippen LogP contribution is 2.33. The predicted octanol–water partition coefficient (Wildman–Crippen LogP) is 2.91. The average Bonchev–Trinajstić information content (AvgIpc) is 2.49. The Hall–Kier alpha value is -1.75. The molecule has 0 aliphatic carbocycles.